The molecule has 2 aromatic rings. The van der Waals surface area contributed by atoms with Gasteiger partial charge in [-0.15, -0.1) is 0 Å². The largest absolute Gasteiger partial charge is 0.384 e. The normalized spacial score (nSPS) is 11.4. The number of benzene rings is 2. The van der Waals surface area contributed by atoms with Crippen LogP contribution in [0.2, 0.25) is 0 Å². The molecular weight excluding hydrogens is 368 g/mol. The van der Waals surface area contributed by atoms with Gasteiger partial charge in [0, 0.05) is 0 Å². The molecule has 0 spiro atoms. The highest BCUT2D eigenvalue weighted by Gasteiger charge is 2.01. The van der Waals surface area contributed by atoms with Crippen LogP contribution in [0.1, 0.15) is 89.5 Å². The van der Waals surface area contributed by atoms with E-state index in [2.05, 4.69) is 25.1 Å². The number of hydrogen-bond donors (Lipinski definition) is 1. The summed E-state index contributed by atoms with van der Waals surface area (Å²) >= 11 is 0. The van der Waals surface area contributed by atoms with Crippen molar-refractivity contribution in [1.82, 2.24) is 0 Å². The summed E-state index contributed by atoms with van der Waals surface area (Å²) in [5, 5.41) is 2.14. The van der Waals surface area contributed by atoms with Gasteiger partial charge in [-0.05, 0) is 41.3 Å². The molecule has 0 bridgehead atoms. The molecule has 4 heteroatoms. The second-order valence-electron chi connectivity index (χ2n) is 7.80. The molecule has 0 aliphatic rings. The lowest BCUT2D eigenvalue weighted by Gasteiger charge is -2.06. The summed E-state index contributed by atoms with van der Waals surface area (Å²) in [6.07, 6.45) is 17.6. The quantitative estimate of drug-likeness (QED) is 0.257. The Balaban J connectivity index is 1.58. The Hall–Kier alpha value is -1.55. The highest BCUT2D eigenvalue weighted by atomic mass is 32.2. The van der Waals surface area contributed by atoms with Crippen molar-refractivity contribution >= 4 is 21.8 Å². The number of thiol groups is 1. The minimum Gasteiger partial charge on any atom is -0.384 e. The van der Waals surface area contributed by atoms with E-state index in [9.17, 15) is 8.42 Å². The van der Waals surface area contributed by atoms with Crippen LogP contribution in [0.25, 0.3) is 10.8 Å². The van der Waals surface area contributed by atoms with Crippen LogP contribution in [-0.2, 0) is 17.4 Å². The molecule has 156 valence electrons. The highest BCUT2D eigenvalue weighted by molar-refractivity contribution is 7.67. The molecule has 28 heavy (non-hydrogen) atoms. The van der Waals surface area contributed by atoms with Crippen LogP contribution in [-0.4, -0.2) is 8.42 Å². The Kier molecular flexibility index (Phi) is 11.0. The molecule has 3 nitrogen and oxygen atoms in total. The first-order chi connectivity index (χ1) is 13.7. The van der Waals surface area contributed by atoms with E-state index in [1.54, 1.807) is 12.1 Å². The molecule has 0 heterocycles. The molecule has 2 aromatic carbocycles. The van der Waals surface area contributed by atoms with Gasteiger partial charge in [-0.2, -0.15) is 8.42 Å². The molecule has 0 fully saturated rings. The number of hydrogen-bond acceptors (Lipinski definition) is 3. The summed E-state index contributed by atoms with van der Waals surface area (Å²) in [5.41, 5.74) is 1.35. The predicted octanol–water partition coefficient (Wildman–Crippen LogP) is 6.99. The van der Waals surface area contributed by atoms with E-state index < -0.39 is 11.0 Å². The Morgan fingerprint density at radius 3 is 1.82 bits per heavy atom. The molecule has 0 aliphatic carbocycles. The Labute approximate surface area is 172 Å². The van der Waals surface area contributed by atoms with Crippen molar-refractivity contribution in [3.63, 3.8) is 0 Å². The molecular formula is C24H36O3S. The van der Waals surface area contributed by atoms with Crippen molar-refractivity contribution in [2.75, 3.05) is 0 Å². The number of unbranched alkanes of at least 4 members (excludes halogenated alkanes) is 11. The van der Waals surface area contributed by atoms with Gasteiger partial charge in [0.2, 0.25) is 0 Å². The first-order valence-electron chi connectivity index (χ1n) is 11.0. The Morgan fingerprint density at radius 1 is 0.679 bits per heavy atom. The van der Waals surface area contributed by atoms with Crippen molar-refractivity contribution in [2.45, 2.75) is 90.4 Å². The minimum absolute atomic E-state index is 0.373. The van der Waals surface area contributed by atoms with Gasteiger partial charge in [0.1, 0.15) is 5.75 Å². The van der Waals surface area contributed by atoms with E-state index in [0.717, 1.165) is 17.2 Å². The van der Waals surface area contributed by atoms with Gasteiger partial charge >= 0.3 is 0 Å². The van der Waals surface area contributed by atoms with Crippen LogP contribution in [0.15, 0.2) is 36.4 Å². The molecule has 0 atom stereocenters. The fraction of sp³-hybridized carbons (Fsp3) is 0.583. The van der Waals surface area contributed by atoms with E-state index in [0.29, 0.717) is 5.75 Å². The average Bonchev–Trinajstić information content (AvgIpc) is 2.68. The lowest BCUT2D eigenvalue weighted by molar-refractivity contribution is 0.511. The van der Waals surface area contributed by atoms with Crippen LogP contribution in [0, 0.1) is 0 Å². The lowest BCUT2D eigenvalue weighted by Crippen LogP contribution is -1.90. The first kappa shape index (κ1) is 22.7. The second-order valence-corrected chi connectivity index (χ2v) is 8.43. The zero-order chi connectivity index (χ0) is 20.0. The van der Waals surface area contributed by atoms with Gasteiger partial charge in [-0.1, -0.05) is 102 Å². The lowest BCUT2D eigenvalue weighted by atomic mass is 10.0. The van der Waals surface area contributed by atoms with Gasteiger partial charge in [-0.3, -0.25) is 0 Å². The zero-order valence-electron chi connectivity index (χ0n) is 17.3. The molecule has 0 radical (unpaired) electrons. The maximum absolute atomic E-state index is 10.7. The van der Waals surface area contributed by atoms with Gasteiger partial charge in [-0.25, -0.2) is 0 Å². The molecule has 0 unspecified atom stereocenters. The summed E-state index contributed by atoms with van der Waals surface area (Å²) in [7, 11) is -2.86. The maximum Gasteiger partial charge on any atom is 0.299 e. The smallest absolute Gasteiger partial charge is 0.299 e. The molecule has 0 saturated heterocycles. The summed E-state index contributed by atoms with van der Waals surface area (Å²) in [5.74, 6) is 0.373. The maximum atomic E-state index is 10.7. The van der Waals surface area contributed by atoms with Gasteiger partial charge in [0.05, 0.1) is 0 Å². The molecule has 0 N–H and O–H groups in total. The van der Waals surface area contributed by atoms with Crippen molar-refractivity contribution in [3.05, 3.63) is 42.0 Å². The average molecular weight is 405 g/mol. The SMILES string of the molecule is CCCCCCCCCCCCCCc1ccc2cc(O[SH](=O)=O)ccc2c1. The van der Waals surface area contributed by atoms with E-state index in [4.69, 9.17) is 4.18 Å². The van der Waals surface area contributed by atoms with E-state index >= 15 is 0 Å². The minimum atomic E-state index is -2.86. The van der Waals surface area contributed by atoms with E-state index in [-0.39, 0.29) is 0 Å². The fourth-order valence-corrected chi connectivity index (χ4v) is 4.03. The Morgan fingerprint density at radius 2 is 1.21 bits per heavy atom. The monoisotopic (exact) mass is 404 g/mol. The van der Waals surface area contributed by atoms with Gasteiger partial charge in [0.25, 0.3) is 11.0 Å². The summed E-state index contributed by atoms with van der Waals surface area (Å²) in [4.78, 5) is 0. The van der Waals surface area contributed by atoms with E-state index in [1.165, 1.54) is 82.6 Å². The van der Waals surface area contributed by atoms with Gasteiger partial charge < -0.3 is 4.18 Å². The van der Waals surface area contributed by atoms with Crippen LogP contribution in [0.5, 0.6) is 5.75 Å². The Bertz CT molecular complexity index is 760. The fourth-order valence-electron chi connectivity index (χ4n) is 3.74. The first-order valence-corrected chi connectivity index (χ1v) is 12.1. The van der Waals surface area contributed by atoms with Crippen LogP contribution < -0.4 is 4.18 Å². The van der Waals surface area contributed by atoms with Crippen LogP contribution in [0.3, 0.4) is 0 Å². The standard InChI is InChI=1S/C24H36O3S/c1-2-3-4-5-6-7-8-9-10-11-12-13-14-21-15-16-23-20-24(27-28(25)26)18-17-22(23)19-21/h15-20,28H,2-14H2,1H3. The van der Waals surface area contributed by atoms with Crippen molar-refractivity contribution < 1.29 is 12.6 Å². The van der Waals surface area contributed by atoms with Crippen LogP contribution in [0.4, 0.5) is 0 Å². The van der Waals surface area contributed by atoms with Crippen LogP contribution >= 0.6 is 0 Å². The topological polar surface area (TPSA) is 43.4 Å². The number of aryl methyl sites for hydroxylation is 1. The summed E-state index contributed by atoms with van der Waals surface area (Å²) in [6, 6.07) is 11.8. The third-order valence-corrected chi connectivity index (χ3v) is 5.73. The zero-order valence-corrected chi connectivity index (χ0v) is 18.2. The number of rotatable bonds is 15. The summed E-state index contributed by atoms with van der Waals surface area (Å²) in [6.45, 7) is 2.27. The molecule has 0 aliphatic heterocycles. The summed E-state index contributed by atoms with van der Waals surface area (Å²) < 4.78 is 26.1. The predicted molar refractivity (Wildman–Crippen MR) is 120 cm³/mol. The third kappa shape index (κ3) is 9.09. The highest BCUT2D eigenvalue weighted by Crippen LogP contribution is 2.23. The number of fused-ring (bicyclic) bond motifs is 1. The second kappa shape index (κ2) is 13.6. The van der Waals surface area contributed by atoms with Crippen molar-refractivity contribution in [1.29, 1.82) is 0 Å². The molecule has 0 amide bonds. The van der Waals surface area contributed by atoms with E-state index in [1.807, 2.05) is 6.07 Å². The van der Waals surface area contributed by atoms with Crippen molar-refractivity contribution in [2.24, 2.45) is 0 Å². The molecule has 2 rings (SSSR count). The third-order valence-electron chi connectivity index (χ3n) is 5.38. The molecule has 0 saturated carbocycles. The van der Waals surface area contributed by atoms with Crippen molar-refractivity contribution in [3.8, 4) is 5.75 Å². The van der Waals surface area contributed by atoms with Gasteiger partial charge in [0.15, 0.2) is 0 Å². The molecule has 0 aromatic heterocycles.